The normalized spacial score (nSPS) is 26.0. The number of nitrogens with one attached hydrogen (secondary N) is 1. The lowest BCUT2D eigenvalue weighted by molar-refractivity contribution is 0.157. The van der Waals surface area contributed by atoms with Crippen LogP contribution in [0.1, 0.15) is 25.3 Å². The van der Waals surface area contributed by atoms with Gasteiger partial charge >= 0.3 is 0 Å². The van der Waals surface area contributed by atoms with Gasteiger partial charge in [-0.1, -0.05) is 43.7 Å². The highest BCUT2D eigenvalue weighted by molar-refractivity contribution is 5.16. The Hall–Kier alpha value is -0.860. The standard InChI is InChI=1S/C15H24N2/c1-3-7-14-12-17(2)15(11-16-14)10-13-8-5-4-6-9-13/h4-6,8-9,14-16H,3,7,10-12H2,1-2H3. The molecule has 2 heteroatoms. The van der Waals surface area contributed by atoms with Crippen molar-refractivity contribution in [1.82, 2.24) is 10.2 Å². The summed E-state index contributed by atoms with van der Waals surface area (Å²) in [5.74, 6) is 0. The van der Waals surface area contributed by atoms with Crippen LogP contribution in [0.2, 0.25) is 0 Å². The molecule has 0 bridgehead atoms. The summed E-state index contributed by atoms with van der Waals surface area (Å²) < 4.78 is 0. The number of hydrogen-bond donors (Lipinski definition) is 1. The average molecular weight is 232 g/mol. The molecule has 1 N–H and O–H groups in total. The molecule has 0 saturated carbocycles. The monoisotopic (exact) mass is 232 g/mol. The van der Waals surface area contributed by atoms with Crippen LogP contribution in [0, 0.1) is 0 Å². The molecule has 1 aromatic carbocycles. The van der Waals surface area contributed by atoms with Gasteiger partial charge in [-0.25, -0.2) is 0 Å². The third kappa shape index (κ3) is 3.55. The molecule has 94 valence electrons. The second kappa shape index (κ2) is 6.18. The molecular formula is C15H24N2. The fraction of sp³-hybridized carbons (Fsp3) is 0.600. The summed E-state index contributed by atoms with van der Waals surface area (Å²) in [6.45, 7) is 4.57. The predicted molar refractivity (Wildman–Crippen MR) is 73.3 cm³/mol. The number of rotatable bonds is 4. The van der Waals surface area contributed by atoms with Gasteiger partial charge in [0.25, 0.3) is 0 Å². The van der Waals surface area contributed by atoms with Gasteiger partial charge in [-0.15, -0.1) is 0 Å². The molecule has 1 saturated heterocycles. The van der Waals surface area contributed by atoms with Crippen LogP contribution in [0.25, 0.3) is 0 Å². The lowest BCUT2D eigenvalue weighted by Crippen LogP contribution is -2.55. The van der Waals surface area contributed by atoms with Gasteiger partial charge in [0.2, 0.25) is 0 Å². The Kier molecular flexibility index (Phi) is 4.57. The zero-order valence-corrected chi connectivity index (χ0v) is 11.0. The highest BCUT2D eigenvalue weighted by Gasteiger charge is 2.24. The second-order valence-electron chi connectivity index (χ2n) is 5.18. The van der Waals surface area contributed by atoms with E-state index < -0.39 is 0 Å². The van der Waals surface area contributed by atoms with Crippen LogP contribution in [0.4, 0.5) is 0 Å². The van der Waals surface area contributed by atoms with E-state index >= 15 is 0 Å². The van der Waals surface area contributed by atoms with E-state index in [1.165, 1.54) is 24.9 Å². The second-order valence-corrected chi connectivity index (χ2v) is 5.18. The summed E-state index contributed by atoms with van der Waals surface area (Å²) in [4.78, 5) is 2.52. The number of nitrogens with zero attached hydrogens (tertiary/aromatic N) is 1. The molecule has 17 heavy (non-hydrogen) atoms. The van der Waals surface area contributed by atoms with Crippen LogP contribution in [-0.4, -0.2) is 37.1 Å². The maximum Gasteiger partial charge on any atom is 0.0258 e. The summed E-state index contributed by atoms with van der Waals surface area (Å²) in [6, 6.07) is 12.1. The summed E-state index contributed by atoms with van der Waals surface area (Å²) in [5.41, 5.74) is 1.44. The molecule has 0 spiro atoms. The maximum atomic E-state index is 3.68. The Labute approximate surface area is 105 Å². The van der Waals surface area contributed by atoms with Crippen molar-refractivity contribution in [3.8, 4) is 0 Å². The van der Waals surface area contributed by atoms with Gasteiger partial charge < -0.3 is 10.2 Å². The van der Waals surface area contributed by atoms with E-state index in [4.69, 9.17) is 0 Å². The van der Waals surface area contributed by atoms with Crippen molar-refractivity contribution in [2.75, 3.05) is 20.1 Å². The summed E-state index contributed by atoms with van der Waals surface area (Å²) in [7, 11) is 2.26. The molecule has 2 unspecified atom stereocenters. The lowest BCUT2D eigenvalue weighted by atomic mass is 10.00. The molecule has 1 fully saturated rings. The number of benzene rings is 1. The molecule has 2 rings (SSSR count). The molecule has 1 aliphatic heterocycles. The molecule has 1 aromatic rings. The molecule has 0 aliphatic carbocycles. The minimum atomic E-state index is 0.644. The first kappa shape index (κ1) is 12.6. The molecule has 2 nitrogen and oxygen atoms in total. The largest absolute Gasteiger partial charge is 0.311 e. The van der Waals surface area contributed by atoms with Gasteiger partial charge in [0.15, 0.2) is 0 Å². The SMILES string of the molecule is CCCC1CN(C)C(Cc2ccccc2)CN1. The van der Waals surface area contributed by atoms with E-state index in [0.29, 0.717) is 12.1 Å². The Morgan fingerprint density at radius 2 is 2.06 bits per heavy atom. The zero-order valence-electron chi connectivity index (χ0n) is 11.0. The van der Waals surface area contributed by atoms with Gasteiger partial charge in [0, 0.05) is 25.2 Å². The van der Waals surface area contributed by atoms with E-state index in [2.05, 4.69) is 54.5 Å². The van der Waals surface area contributed by atoms with Crippen LogP contribution in [-0.2, 0) is 6.42 Å². The van der Waals surface area contributed by atoms with Crippen LogP contribution in [0.5, 0.6) is 0 Å². The summed E-state index contributed by atoms with van der Waals surface area (Å²) >= 11 is 0. The molecule has 0 aromatic heterocycles. The maximum absolute atomic E-state index is 3.68. The van der Waals surface area contributed by atoms with E-state index in [1.54, 1.807) is 0 Å². The van der Waals surface area contributed by atoms with Crippen molar-refractivity contribution in [3.63, 3.8) is 0 Å². The molecule has 1 aliphatic rings. The van der Waals surface area contributed by atoms with E-state index in [-0.39, 0.29) is 0 Å². The van der Waals surface area contributed by atoms with Crippen LogP contribution >= 0.6 is 0 Å². The first-order valence-electron chi connectivity index (χ1n) is 6.77. The van der Waals surface area contributed by atoms with Crippen molar-refractivity contribution >= 4 is 0 Å². The summed E-state index contributed by atoms with van der Waals surface area (Å²) in [5, 5.41) is 3.68. The van der Waals surface area contributed by atoms with E-state index in [9.17, 15) is 0 Å². The lowest BCUT2D eigenvalue weighted by Gasteiger charge is -2.38. The van der Waals surface area contributed by atoms with E-state index in [0.717, 1.165) is 13.0 Å². The number of piperazine rings is 1. The fourth-order valence-electron chi connectivity index (χ4n) is 2.68. The zero-order chi connectivity index (χ0) is 12.1. The van der Waals surface area contributed by atoms with Gasteiger partial charge in [-0.2, -0.15) is 0 Å². The highest BCUT2D eigenvalue weighted by Crippen LogP contribution is 2.13. The first-order chi connectivity index (χ1) is 8.29. The van der Waals surface area contributed by atoms with Gasteiger partial charge in [-0.3, -0.25) is 0 Å². The quantitative estimate of drug-likeness (QED) is 0.857. The van der Waals surface area contributed by atoms with E-state index in [1.807, 2.05) is 0 Å². The average Bonchev–Trinajstić information content (AvgIpc) is 2.34. The van der Waals surface area contributed by atoms with Crippen molar-refractivity contribution in [3.05, 3.63) is 35.9 Å². The Balaban J connectivity index is 1.87. The van der Waals surface area contributed by atoms with Gasteiger partial charge in [0.1, 0.15) is 0 Å². The Morgan fingerprint density at radius 1 is 1.29 bits per heavy atom. The van der Waals surface area contributed by atoms with Crippen molar-refractivity contribution in [2.45, 2.75) is 38.3 Å². The smallest absolute Gasteiger partial charge is 0.0258 e. The Morgan fingerprint density at radius 3 is 2.71 bits per heavy atom. The fourth-order valence-corrected chi connectivity index (χ4v) is 2.68. The highest BCUT2D eigenvalue weighted by atomic mass is 15.2. The Bertz CT molecular complexity index is 323. The van der Waals surface area contributed by atoms with Gasteiger partial charge in [-0.05, 0) is 25.5 Å². The topological polar surface area (TPSA) is 15.3 Å². The third-order valence-electron chi connectivity index (χ3n) is 3.73. The molecule has 1 heterocycles. The first-order valence-corrected chi connectivity index (χ1v) is 6.77. The predicted octanol–water partition coefficient (Wildman–Crippen LogP) is 2.30. The molecule has 0 radical (unpaired) electrons. The molecular weight excluding hydrogens is 208 g/mol. The number of hydrogen-bond acceptors (Lipinski definition) is 2. The van der Waals surface area contributed by atoms with Crippen LogP contribution in [0.15, 0.2) is 30.3 Å². The minimum Gasteiger partial charge on any atom is -0.311 e. The van der Waals surface area contributed by atoms with Crippen molar-refractivity contribution in [2.24, 2.45) is 0 Å². The molecule has 2 atom stereocenters. The number of likely N-dealkylation sites (N-methyl/N-ethyl adjacent to an activating group) is 1. The van der Waals surface area contributed by atoms with Gasteiger partial charge in [0.05, 0.1) is 0 Å². The van der Waals surface area contributed by atoms with Crippen LogP contribution in [0.3, 0.4) is 0 Å². The minimum absolute atomic E-state index is 0.644. The molecule has 0 amide bonds. The summed E-state index contributed by atoms with van der Waals surface area (Å²) in [6.07, 6.45) is 3.72. The third-order valence-corrected chi connectivity index (χ3v) is 3.73. The van der Waals surface area contributed by atoms with Crippen molar-refractivity contribution in [1.29, 1.82) is 0 Å². The van der Waals surface area contributed by atoms with Crippen LogP contribution < -0.4 is 5.32 Å². The van der Waals surface area contributed by atoms with Crippen molar-refractivity contribution < 1.29 is 0 Å².